The highest BCUT2D eigenvalue weighted by Crippen LogP contribution is 2.24. The van der Waals surface area contributed by atoms with E-state index >= 15 is 0 Å². The van der Waals surface area contributed by atoms with E-state index in [1.807, 2.05) is 31.2 Å². The van der Waals surface area contributed by atoms with Crippen LogP contribution in [0.15, 0.2) is 28.7 Å². The minimum atomic E-state index is -0.910. The van der Waals surface area contributed by atoms with Crippen molar-refractivity contribution in [1.29, 1.82) is 0 Å². The van der Waals surface area contributed by atoms with Crippen LogP contribution in [-0.4, -0.2) is 46.0 Å². The van der Waals surface area contributed by atoms with Gasteiger partial charge in [0.2, 0.25) is 5.91 Å². The van der Waals surface area contributed by atoms with E-state index in [-0.39, 0.29) is 11.8 Å². The molecule has 1 fully saturated rings. The SMILES string of the molecule is CC(CC(=O)N1CCSCC1C(=O)O)c1ccc(Br)cc1. The first-order chi connectivity index (χ1) is 9.99. The highest BCUT2D eigenvalue weighted by molar-refractivity contribution is 9.10. The van der Waals surface area contributed by atoms with Crippen LogP contribution in [0.3, 0.4) is 0 Å². The molecule has 0 bridgehead atoms. The Labute approximate surface area is 137 Å². The van der Waals surface area contributed by atoms with Crippen LogP contribution in [0.4, 0.5) is 0 Å². The summed E-state index contributed by atoms with van der Waals surface area (Å²) in [5.41, 5.74) is 1.09. The zero-order valence-electron chi connectivity index (χ0n) is 11.8. The van der Waals surface area contributed by atoms with Crippen molar-refractivity contribution in [2.24, 2.45) is 0 Å². The number of halogens is 1. The molecule has 1 heterocycles. The highest BCUT2D eigenvalue weighted by atomic mass is 79.9. The van der Waals surface area contributed by atoms with Crippen molar-refractivity contribution in [3.05, 3.63) is 34.3 Å². The summed E-state index contributed by atoms with van der Waals surface area (Å²) in [6, 6.07) is 7.20. The van der Waals surface area contributed by atoms with Crippen LogP contribution in [0.5, 0.6) is 0 Å². The predicted octanol–water partition coefficient (Wildman–Crippen LogP) is 2.97. The zero-order chi connectivity index (χ0) is 15.4. The van der Waals surface area contributed by atoms with Crippen molar-refractivity contribution in [3.63, 3.8) is 0 Å². The molecule has 1 aliphatic heterocycles. The molecule has 0 saturated carbocycles. The average Bonchev–Trinajstić information content (AvgIpc) is 2.47. The fourth-order valence-electron chi connectivity index (χ4n) is 2.40. The molecule has 4 nitrogen and oxygen atoms in total. The van der Waals surface area contributed by atoms with Crippen LogP contribution < -0.4 is 0 Å². The van der Waals surface area contributed by atoms with Crippen LogP contribution in [-0.2, 0) is 9.59 Å². The second-order valence-corrected chi connectivity index (χ2v) is 7.24. The van der Waals surface area contributed by atoms with Gasteiger partial charge in [-0.05, 0) is 23.6 Å². The molecule has 2 atom stereocenters. The van der Waals surface area contributed by atoms with E-state index in [9.17, 15) is 14.7 Å². The van der Waals surface area contributed by atoms with Gasteiger partial charge in [-0.1, -0.05) is 35.0 Å². The third-order valence-electron chi connectivity index (χ3n) is 3.65. The maximum absolute atomic E-state index is 12.4. The monoisotopic (exact) mass is 371 g/mol. The lowest BCUT2D eigenvalue weighted by atomic mass is 9.97. The first-order valence-corrected chi connectivity index (χ1v) is 8.79. The molecule has 1 amide bonds. The molecule has 0 aromatic heterocycles. The Hall–Kier alpha value is -1.01. The molecule has 114 valence electrons. The molecular formula is C15H18BrNO3S. The maximum atomic E-state index is 12.4. The number of carbonyl (C=O) groups is 2. The Bertz CT molecular complexity index is 520. The lowest BCUT2D eigenvalue weighted by Gasteiger charge is -2.33. The number of amides is 1. The maximum Gasteiger partial charge on any atom is 0.327 e. The van der Waals surface area contributed by atoms with E-state index in [1.54, 1.807) is 11.8 Å². The second-order valence-electron chi connectivity index (χ2n) is 5.17. The van der Waals surface area contributed by atoms with Crippen LogP contribution >= 0.6 is 27.7 Å². The number of benzene rings is 1. The predicted molar refractivity (Wildman–Crippen MR) is 87.6 cm³/mol. The van der Waals surface area contributed by atoms with Crippen molar-refractivity contribution in [3.8, 4) is 0 Å². The molecule has 1 aromatic rings. The molecule has 1 saturated heterocycles. The molecule has 21 heavy (non-hydrogen) atoms. The van der Waals surface area contributed by atoms with Gasteiger partial charge in [0, 0.05) is 28.9 Å². The summed E-state index contributed by atoms with van der Waals surface area (Å²) in [4.78, 5) is 25.2. The summed E-state index contributed by atoms with van der Waals surface area (Å²) in [5.74, 6) is 0.384. The number of carboxylic acids is 1. The second kappa shape index (κ2) is 7.31. The van der Waals surface area contributed by atoms with E-state index < -0.39 is 12.0 Å². The Morgan fingerprint density at radius 3 is 2.71 bits per heavy atom. The number of carbonyl (C=O) groups excluding carboxylic acids is 1. The van der Waals surface area contributed by atoms with Crippen LogP contribution in [0.1, 0.15) is 24.8 Å². The Morgan fingerprint density at radius 2 is 2.10 bits per heavy atom. The molecule has 0 aliphatic carbocycles. The Morgan fingerprint density at radius 1 is 1.43 bits per heavy atom. The fraction of sp³-hybridized carbons (Fsp3) is 0.467. The number of aliphatic carboxylic acids is 1. The van der Waals surface area contributed by atoms with Gasteiger partial charge in [-0.3, -0.25) is 4.79 Å². The van der Waals surface area contributed by atoms with E-state index in [2.05, 4.69) is 15.9 Å². The van der Waals surface area contributed by atoms with Crippen molar-refractivity contribution < 1.29 is 14.7 Å². The van der Waals surface area contributed by atoms with Crippen molar-refractivity contribution in [2.75, 3.05) is 18.1 Å². The summed E-state index contributed by atoms with van der Waals surface area (Å²) in [5, 5.41) is 9.23. The molecular weight excluding hydrogens is 354 g/mol. The standard InChI is InChI=1S/C15H18BrNO3S/c1-10(11-2-4-12(16)5-3-11)8-14(18)17-6-7-21-9-13(17)15(19)20/h2-5,10,13H,6-9H2,1H3,(H,19,20). The molecule has 2 unspecified atom stereocenters. The number of hydrogen-bond donors (Lipinski definition) is 1. The number of hydrogen-bond acceptors (Lipinski definition) is 3. The first kappa shape index (κ1) is 16.4. The van der Waals surface area contributed by atoms with Crippen molar-refractivity contribution in [1.82, 2.24) is 4.90 Å². The summed E-state index contributed by atoms with van der Waals surface area (Å²) < 4.78 is 1.00. The minimum Gasteiger partial charge on any atom is -0.480 e. The quantitative estimate of drug-likeness (QED) is 0.883. The molecule has 1 N–H and O–H groups in total. The molecule has 6 heteroatoms. The topological polar surface area (TPSA) is 57.6 Å². The van der Waals surface area contributed by atoms with Gasteiger partial charge in [-0.15, -0.1) is 0 Å². The molecule has 0 radical (unpaired) electrons. The fourth-order valence-corrected chi connectivity index (χ4v) is 3.70. The van der Waals surface area contributed by atoms with Crippen LogP contribution in [0.25, 0.3) is 0 Å². The normalized spacial score (nSPS) is 20.1. The largest absolute Gasteiger partial charge is 0.480 e. The molecule has 1 aliphatic rings. The average molecular weight is 372 g/mol. The van der Waals surface area contributed by atoms with Crippen molar-refractivity contribution >= 4 is 39.6 Å². The number of nitrogens with zero attached hydrogens (tertiary/aromatic N) is 1. The van der Waals surface area contributed by atoms with Crippen molar-refractivity contribution in [2.45, 2.75) is 25.3 Å². The van der Waals surface area contributed by atoms with Crippen LogP contribution in [0.2, 0.25) is 0 Å². The lowest BCUT2D eigenvalue weighted by molar-refractivity contribution is -0.149. The van der Waals surface area contributed by atoms with Gasteiger partial charge in [-0.2, -0.15) is 11.8 Å². The van der Waals surface area contributed by atoms with E-state index in [1.165, 1.54) is 4.90 Å². The summed E-state index contributed by atoms with van der Waals surface area (Å²) in [6.45, 7) is 2.52. The van der Waals surface area contributed by atoms with E-state index in [4.69, 9.17) is 0 Å². The lowest BCUT2D eigenvalue weighted by Crippen LogP contribution is -2.50. The number of carboxylic acid groups (broad SMARTS) is 1. The van der Waals surface area contributed by atoms with Gasteiger partial charge in [0.1, 0.15) is 6.04 Å². The van der Waals surface area contributed by atoms with Crippen LogP contribution in [0, 0.1) is 0 Å². The first-order valence-electron chi connectivity index (χ1n) is 6.84. The zero-order valence-corrected chi connectivity index (χ0v) is 14.2. The summed E-state index contributed by atoms with van der Waals surface area (Å²) in [6.07, 6.45) is 0.343. The van der Waals surface area contributed by atoms with Gasteiger partial charge in [0.25, 0.3) is 0 Å². The third kappa shape index (κ3) is 4.23. The minimum absolute atomic E-state index is 0.0712. The Kier molecular flexibility index (Phi) is 5.70. The highest BCUT2D eigenvalue weighted by Gasteiger charge is 2.32. The van der Waals surface area contributed by atoms with Gasteiger partial charge >= 0.3 is 5.97 Å². The summed E-state index contributed by atoms with van der Waals surface area (Å²) in [7, 11) is 0. The smallest absolute Gasteiger partial charge is 0.327 e. The van der Waals surface area contributed by atoms with Gasteiger partial charge in [-0.25, -0.2) is 4.79 Å². The number of thioether (sulfide) groups is 1. The van der Waals surface area contributed by atoms with Gasteiger partial charge in [0.15, 0.2) is 0 Å². The number of rotatable bonds is 4. The third-order valence-corrected chi connectivity index (χ3v) is 5.21. The van der Waals surface area contributed by atoms with Gasteiger partial charge in [0.05, 0.1) is 0 Å². The summed E-state index contributed by atoms with van der Waals surface area (Å²) >= 11 is 4.98. The van der Waals surface area contributed by atoms with E-state index in [0.717, 1.165) is 15.8 Å². The molecule has 0 spiro atoms. The Balaban J connectivity index is 2.02. The van der Waals surface area contributed by atoms with Gasteiger partial charge < -0.3 is 10.0 Å². The molecule has 1 aromatic carbocycles. The van der Waals surface area contributed by atoms with E-state index in [0.29, 0.717) is 18.7 Å². The molecule has 2 rings (SSSR count).